The van der Waals surface area contributed by atoms with Crippen molar-refractivity contribution >= 4 is 11.6 Å². The molecule has 1 unspecified atom stereocenters. The summed E-state index contributed by atoms with van der Waals surface area (Å²) in [4.78, 5) is 22.6. The number of nitrogens with one attached hydrogen (secondary N) is 1. The average molecular weight is 351 g/mol. The fourth-order valence-electron chi connectivity index (χ4n) is 2.29. The van der Waals surface area contributed by atoms with Gasteiger partial charge in [-0.1, -0.05) is 23.4 Å². The van der Waals surface area contributed by atoms with E-state index in [2.05, 4.69) is 5.92 Å². The first kappa shape index (κ1) is 17.6. The molecule has 23 heavy (non-hydrogen) atoms. The van der Waals surface area contributed by atoms with Gasteiger partial charge in [0.25, 0.3) is 5.56 Å². The number of H-pyrrole nitrogens is 1. The van der Waals surface area contributed by atoms with Crippen LogP contribution >= 0.6 is 11.6 Å². The highest BCUT2D eigenvalue weighted by Gasteiger charge is 2.57. The van der Waals surface area contributed by atoms with Crippen LogP contribution in [0.2, 0.25) is 0 Å². The number of aliphatic hydroxyl groups is 2. The van der Waals surface area contributed by atoms with Crippen molar-refractivity contribution in [2.45, 2.75) is 36.3 Å². The number of aromatic nitrogens is 2. The van der Waals surface area contributed by atoms with Crippen LogP contribution < -0.4 is 11.2 Å². The summed E-state index contributed by atoms with van der Waals surface area (Å²) in [6, 6.07) is 0. The van der Waals surface area contributed by atoms with Crippen molar-refractivity contribution in [2.24, 2.45) is 0 Å². The van der Waals surface area contributed by atoms with E-state index in [1.165, 1.54) is 6.92 Å². The number of aromatic amines is 1. The van der Waals surface area contributed by atoms with Crippen LogP contribution in [-0.2, 0) is 4.74 Å². The van der Waals surface area contributed by atoms with Gasteiger partial charge < -0.3 is 14.9 Å². The van der Waals surface area contributed by atoms with Gasteiger partial charge in [-0.15, -0.1) is 0 Å². The lowest BCUT2D eigenvalue weighted by molar-refractivity contribution is -0.0775. The Labute approximate surface area is 133 Å². The molecule has 1 aromatic rings. The average Bonchev–Trinajstić information content (AvgIpc) is 2.74. The molecule has 0 amide bonds. The second-order valence-corrected chi connectivity index (χ2v) is 5.61. The lowest BCUT2D eigenvalue weighted by Gasteiger charge is -2.25. The van der Waals surface area contributed by atoms with Crippen molar-refractivity contribution in [2.75, 3.05) is 6.67 Å². The van der Waals surface area contributed by atoms with Crippen molar-refractivity contribution in [3.8, 4) is 11.8 Å². The van der Waals surface area contributed by atoms with Gasteiger partial charge in [-0.2, -0.15) is 4.39 Å². The smallest absolute Gasteiger partial charge is 0.330 e. The highest BCUT2D eigenvalue weighted by Crippen LogP contribution is 2.43. The molecule has 2 rings (SSSR count). The van der Waals surface area contributed by atoms with E-state index >= 15 is 0 Å². The largest absolute Gasteiger partial charge is 0.391 e. The van der Waals surface area contributed by atoms with Crippen LogP contribution in [0.1, 0.15) is 13.2 Å². The van der Waals surface area contributed by atoms with E-state index in [-0.39, 0.29) is 0 Å². The first-order chi connectivity index (χ1) is 10.7. The van der Waals surface area contributed by atoms with E-state index in [9.17, 15) is 28.6 Å². The molecule has 5 atom stereocenters. The molecule has 1 aliphatic heterocycles. The monoisotopic (exact) mass is 350 g/mol. The van der Waals surface area contributed by atoms with Crippen molar-refractivity contribution in [3.63, 3.8) is 0 Å². The standard InChI is InChI=1S/C13H13ClF2N2O5/c1-6(19)8-9(20)13(14,3-2-4-15)11(23-8)18-5-7(16)10(21)17-12(18)22/h5-6,8-9,11,19-20H,4H2,1H3,(H,17,21,22)/t6-,8-,9?,11-,13-/m1/s1. The normalized spacial score (nSPS) is 31.5. The topological polar surface area (TPSA) is 105 Å². The molecule has 1 aliphatic rings. The van der Waals surface area contributed by atoms with Gasteiger partial charge >= 0.3 is 5.69 Å². The predicted molar refractivity (Wildman–Crippen MR) is 75.2 cm³/mol. The molecule has 1 aromatic heterocycles. The minimum absolute atomic E-state index is 0.539. The number of halogens is 3. The number of aliphatic hydroxyl groups excluding tert-OH is 2. The highest BCUT2D eigenvalue weighted by atomic mass is 35.5. The second-order valence-electron chi connectivity index (χ2n) is 4.99. The van der Waals surface area contributed by atoms with Crippen LogP contribution in [0, 0.1) is 17.7 Å². The maximum Gasteiger partial charge on any atom is 0.330 e. The van der Waals surface area contributed by atoms with Crippen LogP contribution in [0.25, 0.3) is 0 Å². The predicted octanol–water partition coefficient (Wildman–Crippen LogP) is -0.735. The Hall–Kier alpha value is -1.73. The Bertz CT molecular complexity index is 768. The van der Waals surface area contributed by atoms with Gasteiger partial charge in [0.1, 0.15) is 18.9 Å². The van der Waals surface area contributed by atoms with Gasteiger partial charge in [0, 0.05) is 0 Å². The molecule has 0 aliphatic carbocycles. The summed E-state index contributed by atoms with van der Waals surface area (Å²) in [5, 5.41) is 19.9. The van der Waals surface area contributed by atoms with E-state index in [1.54, 1.807) is 4.98 Å². The zero-order valence-electron chi connectivity index (χ0n) is 11.8. The molecule has 1 saturated heterocycles. The molecular formula is C13H13ClF2N2O5. The van der Waals surface area contributed by atoms with Gasteiger partial charge in [-0.3, -0.25) is 14.3 Å². The molecule has 0 radical (unpaired) electrons. The SMILES string of the molecule is C[C@@H](O)[C@H]1O[C@@H](n2cc(F)c(=O)[nH]c2=O)[C@@](Cl)(C#CCF)C1O. The Morgan fingerprint density at radius 2 is 2.26 bits per heavy atom. The van der Waals surface area contributed by atoms with E-state index in [4.69, 9.17) is 16.3 Å². The molecule has 0 aromatic carbocycles. The summed E-state index contributed by atoms with van der Waals surface area (Å²) in [7, 11) is 0. The quantitative estimate of drug-likeness (QED) is 0.481. The summed E-state index contributed by atoms with van der Waals surface area (Å²) in [5.74, 6) is 2.96. The number of ether oxygens (including phenoxy) is 1. The Balaban J connectivity index is 2.61. The fraction of sp³-hybridized carbons (Fsp3) is 0.538. The summed E-state index contributed by atoms with van der Waals surface area (Å²) in [6.07, 6.45) is -5.08. The molecule has 126 valence electrons. The lowest BCUT2D eigenvalue weighted by atomic mass is 9.96. The molecule has 0 saturated carbocycles. The van der Waals surface area contributed by atoms with E-state index < -0.39 is 53.2 Å². The van der Waals surface area contributed by atoms with Crippen molar-refractivity contribution < 1.29 is 23.7 Å². The van der Waals surface area contributed by atoms with Crippen LogP contribution in [0.4, 0.5) is 8.78 Å². The zero-order valence-corrected chi connectivity index (χ0v) is 12.6. The summed E-state index contributed by atoms with van der Waals surface area (Å²) >= 11 is 6.20. The highest BCUT2D eigenvalue weighted by molar-refractivity contribution is 6.27. The molecular weight excluding hydrogens is 338 g/mol. The molecule has 0 spiro atoms. The minimum Gasteiger partial charge on any atom is -0.391 e. The van der Waals surface area contributed by atoms with Crippen LogP contribution in [0.15, 0.2) is 15.8 Å². The molecule has 3 N–H and O–H groups in total. The van der Waals surface area contributed by atoms with Crippen LogP contribution in [-0.4, -0.2) is 49.6 Å². The first-order valence-corrected chi connectivity index (χ1v) is 6.87. The molecule has 1 fully saturated rings. The van der Waals surface area contributed by atoms with Crippen molar-refractivity contribution in [3.05, 3.63) is 32.9 Å². The number of alkyl halides is 2. The number of hydrogen-bond donors (Lipinski definition) is 3. The zero-order chi connectivity index (χ0) is 17.4. The Kier molecular flexibility index (Phi) is 4.91. The van der Waals surface area contributed by atoms with Gasteiger partial charge in [0.2, 0.25) is 5.82 Å². The maximum absolute atomic E-state index is 13.5. The van der Waals surface area contributed by atoms with Gasteiger partial charge in [0.15, 0.2) is 11.1 Å². The van der Waals surface area contributed by atoms with E-state index in [0.29, 0.717) is 10.8 Å². The molecule has 0 bridgehead atoms. The number of hydrogen-bond acceptors (Lipinski definition) is 5. The minimum atomic E-state index is -2.03. The fourth-order valence-corrected chi connectivity index (χ4v) is 2.64. The summed E-state index contributed by atoms with van der Waals surface area (Å²) < 4.78 is 31.7. The lowest BCUT2D eigenvalue weighted by Crippen LogP contribution is -2.45. The van der Waals surface area contributed by atoms with E-state index in [1.807, 2.05) is 5.92 Å². The third kappa shape index (κ3) is 3.03. The van der Waals surface area contributed by atoms with E-state index in [0.717, 1.165) is 0 Å². The first-order valence-electron chi connectivity index (χ1n) is 6.49. The van der Waals surface area contributed by atoms with Gasteiger partial charge in [0.05, 0.1) is 12.3 Å². The maximum atomic E-state index is 13.5. The van der Waals surface area contributed by atoms with Gasteiger partial charge in [-0.25, -0.2) is 9.18 Å². The summed E-state index contributed by atoms with van der Waals surface area (Å²) in [5.41, 5.74) is -2.31. The second kappa shape index (κ2) is 6.41. The van der Waals surface area contributed by atoms with Crippen molar-refractivity contribution in [1.29, 1.82) is 0 Å². The van der Waals surface area contributed by atoms with Crippen LogP contribution in [0.3, 0.4) is 0 Å². The molecule has 7 nitrogen and oxygen atoms in total. The third-order valence-electron chi connectivity index (χ3n) is 3.39. The number of nitrogens with zero attached hydrogens (tertiary/aromatic N) is 1. The molecule has 2 heterocycles. The Morgan fingerprint density at radius 3 is 2.83 bits per heavy atom. The Morgan fingerprint density at radius 1 is 1.61 bits per heavy atom. The van der Waals surface area contributed by atoms with Gasteiger partial charge in [-0.05, 0) is 6.92 Å². The number of rotatable bonds is 2. The third-order valence-corrected chi connectivity index (χ3v) is 3.89. The van der Waals surface area contributed by atoms with Crippen LogP contribution in [0.5, 0.6) is 0 Å². The van der Waals surface area contributed by atoms with Crippen molar-refractivity contribution in [1.82, 2.24) is 9.55 Å². The summed E-state index contributed by atoms with van der Waals surface area (Å²) in [6.45, 7) is 0.217. The molecule has 10 heteroatoms.